The van der Waals surface area contributed by atoms with Gasteiger partial charge >= 0.3 is 5.97 Å². The van der Waals surface area contributed by atoms with Crippen molar-refractivity contribution >= 4 is 23.6 Å². The maximum atomic E-state index is 11.6. The Hall–Kier alpha value is -1.57. The SMILES string of the molecule is CSCC[C@H](NC(=O)c1n[nH]c(C)n1)C(=O)O. The van der Waals surface area contributed by atoms with Gasteiger partial charge in [0.15, 0.2) is 0 Å². The summed E-state index contributed by atoms with van der Waals surface area (Å²) >= 11 is 1.52. The lowest BCUT2D eigenvalue weighted by atomic mass is 10.2. The van der Waals surface area contributed by atoms with E-state index in [-0.39, 0.29) is 5.82 Å². The Bertz CT molecular complexity index is 407. The summed E-state index contributed by atoms with van der Waals surface area (Å²) in [6.45, 7) is 1.66. The first-order valence-corrected chi connectivity index (χ1v) is 6.35. The number of carboxylic acids is 1. The molecule has 1 heterocycles. The van der Waals surface area contributed by atoms with Crippen molar-refractivity contribution in [1.82, 2.24) is 20.5 Å². The lowest BCUT2D eigenvalue weighted by molar-refractivity contribution is -0.139. The number of carboxylic acid groups (broad SMARTS) is 1. The van der Waals surface area contributed by atoms with Gasteiger partial charge in [0, 0.05) is 0 Å². The smallest absolute Gasteiger partial charge is 0.326 e. The molecule has 0 aromatic carbocycles. The van der Waals surface area contributed by atoms with E-state index < -0.39 is 17.9 Å². The fourth-order valence-electron chi connectivity index (χ4n) is 1.16. The molecule has 0 spiro atoms. The standard InChI is InChI=1S/C9H14N4O3S/c1-5-10-7(13-12-5)8(14)11-6(9(15)16)3-4-17-2/h6H,3-4H2,1-2H3,(H,11,14)(H,15,16)(H,10,12,13)/t6-/m0/s1. The van der Waals surface area contributed by atoms with Gasteiger partial charge < -0.3 is 10.4 Å². The van der Waals surface area contributed by atoms with Crippen molar-refractivity contribution in [2.75, 3.05) is 12.0 Å². The number of aliphatic carboxylic acids is 1. The van der Waals surface area contributed by atoms with E-state index in [9.17, 15) is 9.59 Å². The van der Waals surface area contributed by atoms with Gasteiger partial charge in [-0.1, -0.05) is 0 Å². The molecule has 17 heavy (non-hydrogen) atoms. The van der Waals surface area contributed by atoms with Crippen molar-refractivity contribution in [2.24, 2.45) is 0 Å². The second kappa shape index (κ2) is 6.24. The van der Waals surface area contributed by atoms with E-state index in [2.05, 4.69) is 20.5 Å². The fourth-order valence-corrected chi connectivity index (χ4v) is 1.63. The van der Waals surface area contributed by atoms with Gasteiger partial charge in [0.1, 0.15) is 11.9 Å². The van der Waals surface area contributed by atoms with Gasteiger partial charge in [-0.25, -0.2) is 9.78 Å². The summed E-state index contributed by atoms with van der Waals surface area (Å²) < 4.78 is 0. The second-order valence-electron chi connectivity index (χ2n) is 3.39. The molecule has 0 saturated heterocycles. The zero-order valence-electron chi connectivity index (χ0n) is 9.56. The number of H-pyrrole nitrogens is 1. The quantitative estimate of drug-likeness (QED) is 0.665. The first-order valence-electron chi connectivity index (χ1n) is 4.96. The number of carbonyl (C=O) groups excluding carboxylic acids is 1. The van der Waals surface area contributed by atoms with E-state index >= 15 is 0 Å². The summed E-state index contributed by atoms with van der Waals surface area (Å²) in [6, 6.07) is -0.909. The van der Waals surface area contributed by atoms with Crippen LogP contribution in [0.3, 0.4) is 0 Å². The predicted octanol–water partition coefficient (Wildman–Crippen LogP) is 0.0492. The van der Waals surface area contributed by atoms with Crippen LogP contribution >= 0.6 is 11.8 Å². The first kappa shape index (κ1) is 13.5. The summed E-state index contributed by atoms with van der Waals surface area (Å²) in [5.74, 6) is -0.517. The molecular weight excluding hydrogens is 244 g/mol. The molecule has 7 nitrogen and oxygen atoms in total. The van der Waals surface area contributed by atoms with Crippen molar-refractivity contribution in [3.8, 4) is 0 Å². The average molecular weight is 258 g/mol. The Morgan fingerprint density at radius 3 is 2.76 bits per heavy atom. The summed E-state index contributed by atoms with van der Waals surface area (Å²) in [6.07, 6.45) is 2.24. The molecular formula is C9H14N4O3S. The predicted molar refractivity (Wildman–Crippen MR) is 63.0 cm³/mol. The molecule has 94 valence electrons. The Balaban J connectivity index is 2.60. The van der Waals surface area contributed by atoms with Crippen LogP contribution in [0.15, 0.2) is 0 Å². The largest absolute Gasteiger partial charge is 0.480 e. The van der Waals surface area contributed by atoms with Crippen LogP contribution in [0.4, 0.5) is 0 Å². The van der Waals surface area contributed by atoms with Crippen molar-refractivity contribution in [3.05, 3.63) is 11.6 Å². The molecule has 0 saturated carbocycles. The maximum Gasteiger partial charge on any atom is 0.326 e. The lowest BCUT2D eigenvalue weighted by Crippen LogP contribution is -2.41. The van der Waals surface area contributed by atoms with Crippen molar-refractivity contribution < 1.29 is 14.7 Å². The highest BCUT2D eigenvalue weighted by atomic mass is 32.2. The number of aryl methyl sites for hydroxylation is 1. The second-order valence-corrected chi connectivity index (χ2v) is 4.38. The number of hydrogen-bond acceptors (Lipinski definition) is 5. The van der Waals surface area contributed by atoms with E-state index in [4.69, 9.17) is 5.11 Å². The van der Waals surface area contributed by atoms with Crippen LogP contribution in [0.2, 0.25) is 0 Å². The summed E-state index contributed by atoms with van der Waals surface area (Å²) in [5.41, 5.74) is 0. The van der Waals surface area contributed by atoms with Crippen LogP contribution < -0.4 is 5.32 Å². The molecule has 1 aromatic rings. The Labute approximate surface area is 102 Å². The molecule has 3 N–H and O–H groups in total. The van der Waals surface area contributed by atoms with Crippen LogP contribution in [0, 0.1) is 6.92 Å². The number of aromatic nitrogens is 3. The third kappa shape index (κ3) is 4.06. The molecule has 0 aliphatic rings. The molecule has 0 radical (unpaired) electrons. The summed E-state index contributed by atoms with van der Waals surface area (Å²) in [7, 11) is 0. The number of amides is 1. The number of carbonyl (C=O) groups is 2. The van der Waals surface area contributed by atoms with E-state index in [1.54, 1.807) is 6.92 Å². The monoisotopic (exact) mass is 258 g/mol. The Kier molecular flexibility index (Phi) is 4.95. The third-order valence-electron chi connectivity index (χ3n) is 2.01. The molecule has 0 unspecified atom stereocenters. The van der Waals surface area contributed by atoms with Gasteiger partial charge in [0.25, 0.3) is 5.91 Å². The third-order valence-corrected chi connectivity index (χ3v) is 2.66. The Morgan fingerprint density at radius 2 is 2.29 bits per heavy atom. The average Bonchev–Trinajstić information content (AvgIpc) is 2.70. The highest BCUT2D eigenvalue weighted by Gasteiger charge is 2.21. The van der Waals surface area contributed by atoms with Crippen LogP contribution in [0.25, 0.3) is 0 Å². The number of nitrogens with one attached hydrogen (secondary N) is 2. The molecule has 8 heteroatoms. The van der Waals surface area contributed by atoms with E-state index in [1.165, 1.54) is 11.8 Å². The van der Waals surface area contributed by atoms with Gasteiger partial charge in [0.05, 0.1) is 0 Å². The molecule has 1 rings (SSSR count). The summed E-state index contributed by atoms with van der Waals surface area (Å²) in [4.78, 5) is 26.3. The minimum atomic E-state index is -1.06. The zero-order valence-corrected chi connectivity index (χ0v) is 10.4. The molecule has 0 bridgehead atoms. The van der Waals surface area contributed by atoms with Crippen LogP contribution in [0.1, 0.15) is 22.9 Å². The van der Waals surface area contributed by atoms with Crippen molar-refractivity contribution in [3.63, 3.8) is 0 Å². The number of hydrogen-bond donors (Lipinski definition) is 3. The Morgan fingerprint density at radius 1 is 1.59 bits per heavy atom. The fraction of sp³-hybridized carbons (Fsp3) is 0.556. The van der Waals surface area contributed by atoms with E-state index in [1.807, 2.05) is 6.26 Å². The minimum absolute atomic E-state index is 0.0436. The normalized spacial score (nSPS) is 12.1. The van der Waals surface area contributed by atoms with Gasteiger partial charge in [-0.15, -0.1) is 5.10 Å². The van der Waals surface area contributed by atoms with Gasteiger partial charge in [-0.2, -0.15) is 11.8 Å². The van der Waals surface area contributed by atoms with Crippen molar-refractivity contribution in [1.29, 1.82) is 0 Å². The minimum Gasteiger partial charge on any atom is -0.480 e. The van der Waals surface area contributed by atoms with Crippen molar-refractivity contribution in [2.45, 2.75) is 19.4 Å². The van der Waals surface area contributed by atoms with Crippen LogP contribution in [-0.4, -0.2) is 50.2 Å². The number of thioether (sulfide) groups is 1. The zero-order chi connectivity index (χ0) is 12.8. The van der Waals surface area contributed by atoms with Crippen LogP contribution in [0.5, 0.6) is 0 Å². The molecule has 0 aliphatic heterocycles. The van der Waals surface area contributed by atoms with Gasteiger partial charge in [-0.3, -0.25) is 9.89 Å². The highest BCUT2D eigenvalue weighted by molar-refractivity contribution is 7.98. The molecule has 1 amide bonds. The molecule has 1 atom stereocenters. The lowest BCUT2D eigenvalue weighted by Gasteiger charge is -2.12. The number of aromatic amines is 1. The van der Waals surface area contributed by atoms with Crippen LogP contribution in [-0.2, 0) is 4.79 Å². The van der Waals surface area contributed by atoms with E-state index in [0.717, 1.165) is 0 Å². The van der Waals surface area contributed by atoms with E-state index in [0.29, 0.717) is 18.0 Å². The topological polar surface area (TPSA) is 108 Å². The number of nitrogens with zero attached hydrogens (tertiary/aromatic N) is 2. The molecule has 0 fully saturated rings. The highest BCUT2D eigenvalue weighted by Crippen LogP contribution is 2.02. The van der Waals surface area contributed by atoms with Gasteiger partial charge in [-0.05, 0) is 25.4 Å². The summed E-state index contributed by atoms with van der Waals surface area (Å²) in [5, 5.41) is 17.5. The first-order chi connectivity index (χ1) is 8.04. The molecule has 1 aromatic heterocycles. The van der Waals surface area contributed by atoms with Gasteiger partial charge in [0.2, 0.25) is 5.82 Å². The number of rotatable bonds is 6. The molecule has 0 aliphatic carbocycles. The maximum absolute atomic E-state index is 11.6.